The van der Waals surface area contributed by atoms with E-state index in [-0.39, 0.29) is 10.5 Å². The van der Waals surface area contributed by atoms with Gasteiger partial charge in [0.2, 0.25) is 0 Å². The highest BCUT2D eigenvalue weighted by atomic mass is 32.2. The van der Waals surface area contributed by atoms with Gasteiger partial charge in [-0.15, -0.1) is 11.3 Å². The van der Waals surface area contributed by atoms with Gasteiger partial charge >= 0.3 is 0 Å². The molecule has 0 saturated carbocycles. The fraction of sp³-hybridized carbons (Fsp3) is 0.238. The van der Waals surface area contributed by atoms with Crippen LogP contribution in [0.3, 0.4) is 0 Å². The molecule has 1 N–H and O–H groups in total. The van der Waals surface area contributed by atoms with Crippen molar-refractivity contribution in [2.24, 2.45) is 0 Å². The molecule has 7 nitrogen and oxygen atoms in total. The zero-order chi connectivity index (χ0) is 22.1. The van der Waals surface area contributed by atoms with Gasteiger partial charge in [-0.25, -0.2) is 13.4 Å². The number of nitrogens with zero attached hydrogens (tertiary/aromatic N) is 2. The van der Waals surface area contributed by atoms with Crippen LogP contribution >= 0.6 is 11.3 Å². The first kappa shape index (κ1) is 21.8. The average Bonchev–Trinajstić information content (AvgIpc) is 3.04. The predicted molar refractivity (Wildman–Crippen MR) is 119 cm³/mol. The Hall–Kier alpha value is -2.91. The molecule has 0 aliphatic rings. The number of nitrogens with one attached hydrogen (secondary N) is 1. The number of thiazole rings is 1. The van der Waals surface area contributed by atoms with Crippen LogP contribution < -0.4 is 14.4 Å². The third-order valence-corrected chi connectivity index (χ3v) is 7.54. The number of para-hydroxylation sites is 2. The second-order valence-electron chi connectivity index (χ2n) is 6.74. The van der Waals surface area contributed by atoms with E-state index in [0.717, 1.165) is 14.9 Å². The molecule has 0 aliphatic heterocycles. The number of rotatable bonds is 6. The van der Waals surface area contributed by atoms with Crippen molar-refractivity contribution in [2.75, 3.05) is 23.8 Å². The number of anilines is 2. The number of carbonyl (C=O) groups excluding carboxylic acids is 1. The van der Waals surface area contributed by atoms with Crippen molar-refractivity contribution in [1.82, 2.24) is 4.98 Å². The van der Waals surface area contributed by atoms with Gasteiger partial charge in [-0.2, -0.15) is 0 Å². The van der Waals surface area contributed by atoms with Crippen molar-refractivity contribution >= 4 is 38.1 Å². The quantitative estimate of drug-likeness (QED) is 0.616. The zero-order valence-electron chi connectivity index (χ0n) is 17.4. The van der Waals surface area contributed by atoms with E-state index in [1.54, 1.807) is 37.3 Å². The molecule has 1 amide bonds. The molecular weight excluding hydrogens is 422 g/mol. The molecule has 0 saturated heterocycles. The number of aromatic nitrogens is 1. The number of carbonyl (C=O) groups is 1. The molecule has 1 heterocycles. The average molecular weight is 446 g/mol. The molecule has 0 radical (unpaired) electrons. The summed E-state index contributed by atoms with van der Waals surface area (Å²) in [6.07, 6.45) is 0. The van der Waals surface area contributed by atoms with E-state index >= 15 is 0 Å². The second-order valence-corrected chi connectivity index (χ2v) is 9.91. The van der Waals surface area contributed by atoms with Gasteiger partial charge in [0.1, 0.15) is 5.75 Å². The number of hydrogen-bond acceptors (Lipinski definition) is 6. The molecular formula is C21H23N3O4S2. The molecule has 0 aliphatic carbocycles. The topological polar surface area (TPSA) is 88.6 Å². The van der Waals surface area contributed by atoms with Gasteiger partial charge in [0, 0.05) is 17.5 Å². The van der Waals surface area contributed by atoms with Gasteiger partial charge in [0.25, 0.3) is 15.9 Å². The van der Waals surface area contributed by atoms with Crippen LogP contribution in [0.4, 0.5) is 10.8 Å². The largest absolute Gasteiger partial charge is 0.495 e. The Morgan fingerprint density at radius 3 is 2.47 bits per heavy atom. The second kappa shape index (κ2) is 8.45. The molecule has 3 rings (SSSR count). The molecule has 30 heavy (non-hydrogen) atoms. The highest BCUT2D eigenvalue weighted by Gasteiger charge is 2.25. The lowest BCUT2D eigenvalue weighted by atomic mass is 10.1. The van der Waals surface area contributed by atoms with Crippen molar-refractivity contribution in [3.63, 3.8) is 0 Å². The first-order valence-electron chi connectivity index (χ1n) is 9.13. The van der Waals surface area contributed by atoms with Crippen molar-refractivity contribution in [3.05, 3.63) is 64.2 Å². The fourth-order valence-electron chi connectivity index (χ4n) is 2.87. The van der Waals surface area contributed by atoms with E-state index in [9.17, 15) is 13.2 Å². The Bertz CT molecular complexity index is 1180. The maximum atomic E-state index is 13.2. The smallest absolute Gasteiger partial charge is 0.264 e. The molecule has 1 aromatic heterocycles. The lowest BCUT2D eigenvalue weighted by Crippen LogP contribution is -2.27. The summed E-state index contributed by atoms with van der Waals surface area (Å²) in [5, 5.41) is 3.24. The maximum absolute atomic E-state index is 13.2. The van der Waals surface area contributed by atoms with E-state index in [1.165, 1.54) is 37.6 Å². The SMILES string of the molecule is COc1ccccc1N(C)S(=O)(=O)c1ccc(C)c(C(=O)Nc2nc(C)c(C)s2)c1. The van der Waals surface area contributed by atoms with Crippen LogP contribution in [-0.2, 0) is 10.0 Å². The number of amides is 1. The summed E-state index contributed by atoms with van der Waals surface area (Å²) in [6.45, 7) is 5.55. The van der Waals surface area contributed by atoms with Crippen molar-refractivity contribution in [1.29, 1.82) is 0 Å². The summed E-state index contributed by atoms with van der Waals surface area (Å²) >= 11 is 1.38. The molecule has 3 aromatic rings. The summed E-state index contributed by atoms with van der Waals surface area (Å²) in [4.78, 5) is 18.1. The molecule has 2 aromatic carbocycles. The minimum atomic E-state index is -3.91. The highest BCUT2D eigenvalue weighted by molar-refractivity contribution is 7.92. The molecule has 0 fully saturated rings. The summed E-state index contributed by atoms with van der Waals surface area (Å²) < 4.78 is 32.9. The number of sulfonamides is 1. The monoisotopic (exact) mass is 445 g/mol. The Labute approximate surface area is 180 Å². The molecule has 0 spiro atoms. The van der Waals surface area contributed by atoms with Crippen LogP contribution in [0.1, 0.15) is 26.5 Å². The minimum Gasteiger partial charge on any atom is -0.495 e. The fourth-order valence-corrected chi connectivity index (χ4v) is 4.92. The van der Waals surface area contributed by atoms with Crippen molar-refractivity contribution < 1.29 is 17.9 Å². The van der Waals surface area contributed by atoms with E-state index in [2.05, 4.69) is 10.3 Å². The van der Waals surface area contributed by atoms with Gasteiger partial charge in [-0.3, -0.25) is 14.4 Å². The maximum Gasteiger partial charge on any atom is 0.264 e. The molecule has 9 heteroatoms. The molecule has 158 valence electrons. The van der Waals surface area contributed by atoms with E-state index < -0.39 is 15.9 Å². The minimum absolute atomic E-state index is 0.0122. The predicted octanol–water partition coefficient (Wildman–Crippen LogP) is 4.15. The third kappa shape index (κ3) is 4.17. The van der Waals surface area contributed by atoms with E-state index in [4.69, 9.17) is 4.74 Å². The van der Waals surface area contributed by atoms with Gasteiger partial charge < -0.3 is 4.74 Å². The normalized spacial score (nSPS) is 11.2. The van der Waals surface area contributed by atoms with E-state index in [1.807, 2.05) is 13.8 Å². The Kier molecular flexibility index (Phi) is 6.14. The standard InChI is InChI=1S/C21H23N3O4S2/c1-13-10-11-16(12-17(13)20(25)23-21-22-14(2)15(3)29-21)30(26,27)24(4)18-8-6-7-9-19(18)28-5/h6-12H,1-5H3,(H,22,23,25). The Balaban J connectivity index is 1.96. The van der Waals surface area contributed by atoms with Crippen LogP contribution in [0, 0.1) is 20.8 Å². The number of methoxy groups -OCH3 is 1. The first-order valence-corrected chi connectivity index (χ1v) is 11.4. The molecule has 0 bridgehead atoms. The van der Waals surface area contributed by atoms with Crippen molar-refractivity contribution in [3.8, 4) is 5.75 Å². The van der Waals surface area contributed by atoms with Crippen LogP contribution in [0.2, 0.25) is 0 Å². The summed E-state index contributed by atoms with van der Waals surface area (Å²) in [7, 11) is -0.978. The summed E-state index contributed by atoms with van der Waals surface area (Å²) in [5.74, 6) is 0.0291. The lowest BCUT2D eigenvalue weighted by molar-refractivity contribution is 0.102. The zero-order valence-corrected chi connectivity index (χ0v) is 19.0. The van der Waals surface area contributed by atoms with Crippen LogP contribution in [0.25, 0.3) is 0 Å². The van der Waals surface area contributed by atoms with Gasteiger partial charge in [0.05, 0.1) is 23.4 Å². The summed E-state index contributed by atoms with van der Waals surface area (Å²) in [6, 6.07) is 11.3. The number of aryl methyl sites for hydroxylation is 3. The van der Waals surface area contributed by atoms with Crippen molar-refractivity contribution in [2.45, 2.75) is 25.7 Å². The molecule has 0 unspecified atom stereocenters. The Morgan fingerprint density at radius 2 is 1.83 bits per heavy atom. The number of ether oxygens (including phenoxy) is 1. The Morgan fingerprint density at radius 1 is 1.13 bits per heavy atom. The van der Waals surface area contributed by atoms with Crippen LogP contribution in [0.5, 0.6) is 5.75 Å². The van der Waals surface area contributed by atoms with Crippen LogP contribution in [0.15, 0.2) is 47.4 Å². The molecule has 0 atom stereocenters. The lowest BCUT2D eigenvalue weighted by Gasteiger charge is -2.22. The van der Waals surface area contributed by atoms with Crippen LogP contribution in [-0.4, -0.2) is 33.5 Å². The highest BCUT2D eigenvalue weighted by Crippen LogP contribution is 2.31. The van der Waals surface area contributed by atoms with E-state index in [0.29, 0.717) is 22.1 Å². The summed E-state index contributed by atoms with van der Waals surface area (Å²) in [5.41, 5.74) is 2.19. The van der Waals surface area contributed by atoms with Gasteiger partial charge in [-0.05, 0) is 50.6 Å². The number of hydrogen-bond donors (Lipinski definition) is 1. The van der Waals surface area contributed by atoms with Gasteiger partial charge in [0.15, 0.2) is 5.13 Å². The number of benzene rings is 2. The third-order valence-electron chi connectivity index (χ3n) is 4.79. The first-order chi connectivity index (χ1) is 14.1. The van der Waals surface area contributed by atoms with Gasteiger partial charge in [-0.1, -0.05) is 18.2 Å².